The maximum Gasteiger partial charge on any atom is 0.262 e. The van der Waals surface area contributed by atoms with Gasteiger partial charge in [-0.2, -0.15) is 0 Å². The number of nitrogens with zero attached hydrogens (tertiary/aromatic N) is 1. The molecule has 0 fully saturated rings. The van der Waals surface area contributed by atoms with E-state index in [0.29, 0.717) is 5.56 Å². The number of nitrogens with one attached hydrogen (secondary N) is 1. The number of anilines is 2. The number of para-hydroxylation sites is 1. The van der Waals surface area contributed by atoms with Crippen LogP contribution in [0.4, 0.5) is 11.4 Å². The molecule has 1 N–H and O–H groups in total. The number of hydrogen-bond acceptors (Lipinski definition) is 2. The maximum absolute atomic E-state index is 13.8. The van der Waals surface area contributed by atoms with Crippen LogP contribution < -0.4 is 10.2 Å². The molecule has 0 saturated heterocycles. The van der Waals surface area contributed by atoms with Crippen molar-refractivity contribution in [2.75, 3.05) is 10.2 Å². The first kappa shape index (κ1) is 19.1. The second-order valence-electron chi connectivity index (χ2n) is 7.94. The topological polar surface area (TPSA) is 32.3 Å². The molecule has 1 heterocycles. The third kappa shape index (κ3) is 3.59. The van der Waals surface area contributed by atoms with Gasteiger partial charge in [-0.1, -0.05) is 90.5 Å². The number of rotatable bonds is 4. The highest BCUT2D eigenvalue weighted by Gasteiger charge is 2.39. The monoisotopic (exact) mass is 404 g/mol. The summed E-state index contributed by atoms with van der Waals surface area (Å²) in [6.45, 7) is 2.06. The fourth-order valence-electron chi connectivity index (χ4n) is 4.37. The largest absolute Gasteiger partial charge is 0.363 e. The highest BCUT2D eigenvalue weighted by atomic mass is 16.2. The highest BCUT2D eigenvalue weighted by Crippen LogP contribution is 2.38. The van der Waals surface area contributed by atoms with Crippen molar-refractivity contribution in [2.45, 2.75) is 19.0 Å². The first-order chi connectivity index (χ1) is 15.2. The number of aryl methyl sites for hydroxylation is 1. The molecule has 3 heteroatoms. The van der Waals surface area contributed by atoms with Crippen LogP contribution in [-0.4, -0.2) is 12.1 Å². The lowest BCUT2D eigenvalue weighted by Crippen LogP contribution is -2.52. The van der Waals surface area contributed by atoms with Crippen molar-refractivity contribution in [1.29, 1.82) is 0 Å². The zero-order chi connectivity index (χ0) is 21.2. The smallest absolute Gasteiger partial charge is 0.262 e. The van der Waals surface area contributed by atoms with Crippen molar-refractivity contribution in [2.24, 2.45) is 0 Å². The molecule has 3 nitrogen and oxygen atoms in total. The van der Waals surface area contributed by atoms with Gasteiger partial charge in [-0.25, -0.2) is 0 Å². The van der Waals surface area contributed by atoms with Crippen molar-refractivity contribution in [3.63, 3.8) is 0 Å². The van der Waals surface area contributed by atoms with Crippen LogP contribution in [0.3, 0.4) is 0 Å². The van der Waals surface area contributed by atoms with E-state index < -0.39 is 0 Å². The van der Waals surface area contributed by atoms with Crippen molar-refractivity contribution in [3.05, 3.63) is 131 Å². The number of fused-ring (bicyclic) bond motifs is 1. The second-order valence-corrected chi connectivity index (χ2v) is 7.94. The fraction of sp³-hybridized carbons (Fsp3) is 0.107. The summed E-state index contributed by atoms with van der Waals surface area (Å²) < 4.78 is 0. The van der Waals surface area contributed by atoms with Crippen molar-refractivity contribution in [1.82, 2.24) is 0 Å². The molecule has 1 aliphatic heterocycles. The first-order valence-corrected chi connectivity index (χ1v) is 10.6. The summed E-state index contributed by atoms with van der Waals surface area (Å²) in [4.78, 5) is 15.7. The van der Waals surface area contributed by atoms with Gasteiger partial charge < -0.3 is 5.32 Å². The zero-order valence-electron chi connectivity index (χ0n) is 17.4. The van der Waals surface area contributed by atoms with Crippen molar-refractivity contribution < 1.29 is 4.79 Å². The van der Waals surface area contributed by atoms with Crippen LogP contribution in [0.1, 0.15) is 33.0 Å². The van der Waals surface area contributed by atoms with E-state index in [-0.39, 0.29) is 18.0 Å². The van der Waals surface area contributed by atoms with E-state index in [4.69, 9.17) is 0 Å². The van der Waals surface area contributed by atoms with Crippen LogP contribution in [0.2, 0.25) is 0 Å². The van der Waals surface area contributed by atoms with E-state index in [1.807, 2.05) is 53.4 Å². The highest BCUT2D eigenvalue weighted by molar-refractivity contribution is 6.12. The van der Waals surface area contributed by atoms with Crippen LogP contribution in [-0.2, 0) is 0 Å². The summed E-state index contributed by atoms with van der Waals surface area (Å²) in [5.74, 6) is -0.0268. The lowest BCUT2D eigenvalue weighted by atomic mass is 9.86. The van der Waals surface area contributed by atoms with E-state index in [2.05, 4.69) is 72.9 Å². The predicted molar refractivity (Wildman–Crippen MR) is 127 cm³/mol. The van der Waals surface area contributed by atoms with E-state index >= 15 is 0 Å². The summed E-state index contributed by atoms with van der Waals surface area (Å²) in [5, 5.41) is 3.69. The predicted octanol–water partition coefficient (Wildman–Crippen LogP) is 6.23. The molecule has 0 aliphatic carbocycles. The molecule has 0 spiro atoms. The zero-order valence-corrected chi connectivity index (χ0v) is 17.4. The lowest BCUT2D eigenvalue weighted by Gasteiger charge is -2.42. The molecule has 4 aromatic rings. The lowest BCUT2D eigenvalue weighted by molar-refractivity contribution is 0.0973. The Morgan fingerprint density at radius 2 is 1.26 bits per heavy atom. The molecule has 1 amide bonds. The minimum atomic E-state index is -0.269. The molecular weight excluding hydrogens is 380 g/mol. The third-order valence-electron chi connectivity index (χ3n) is 5.90. The molecule has 31 heavy (non-hydrogen) atoms. The summed E-state index contributed by atoms with van der Waals surface area (Å²) >= 11 is 0. The molecule has 0 aromatic heterocycles. The molecule has 4 aromatic carbocycles. The van der Waals surface area contributed by atoms with Gasteiger partial charge in [0.1, 0.15) is 6.17 Å². The maximum atomic E-state index is 13.8. The van der Waals surface area contributed by atoms with E-state index in [1.54, 1.807) is 0 Å². The van der Waals surface area contributed by atoms with Crippen molar-refractivity contribution >= 4 is 17.3 Å². The Balaban J connectivity index is 1.70. The van der Waals surface area contributed by atoms with Gasteiger partial charge >= 0.3 is 0 Å². The second kappa shape index (κ2) is 8.11. The molecule has 1 atom stereocenters. The Kier molecular flexibility index (Phi) is 5.01. The standard InChI is InChI=1S/C28H24N2O/c1-20-16-18-23(19-17-20)30-27(29-25-15-9-8-14-24(25)28(30)31)26(21-10-4-2-5-11-21)22-12-6-3-7-13-22/h2-19,26-27,29H,1H3. The van der Waals surface area contributed by atoms with Gasteiger partial charge in [-0.3, -0.25) is 9.69 Å². The van der Waals surface area contributed by atoms with E-state index in [1.165, 1.54) is 5.56 Å². The Hall–Kier alpha value is -3.85. The quantitative estimate of drug-likeness (QED) is 0.438. The SMILES string of the molecule is Cc1ccc(N2C(=O)c3ccccc3NC2C(c2ccccc2)c2ccccc2)cc1. The first-order valence-electron chi connectivity index (χ1n) is 10.6. The van der Waals surface area contributed by atoms with Crippen LogP contribution in [0, 0.1) is 6.92 Å². The van der Waals surface area contributed by atoms with Gasteiger partial charge in [0.2, 0.25) is 0 Å². The number of carbonyl (C=O) groups is 1. The van der Waals surface area contributed by atoms with Crippen LogP contribution in [0.25, 0.3) is 0 Å². The Morgan fingerprint density at radius 1 is 0.710 bits per heavy atom. The molecule has 1 unspecified atom stereocenters. The van der Waals surface area contributed by atoms with Gasteiger partial charge in [0.05, 0.1) is 5.56 Å². The molecule has 1 aliphatic rings. The average molecular weight is 405 g/mol. The number of hydrogen-bond donors (Lipinski definition) is 1. The normalized spacial score (nSPS) is 15.5. The van der Waals surface area contributed by atoms with E-state index in [0.717, 1.165) is 22.5 Å². The van der Waals surface area contributed by atoms with Gasteiger partial charge in [-0.15, -0.1) is 0 Å². The summed E-state index contributed by atoms with van der Waals surface area (Å²) in [5.41, 5.74) is 5.95. The Labute approximate surface area is 183 Å². The molecule has 152 valence electrons. The molecule has 0 bridgehead atoms. The summed E-state index contributed by atoms with van der Waals surface area (Å²) in [6, 6.07) is 36.8. The number of benzene rings is 4. The van der Waals surface area contributed by atoms with Gasteiger partial charge in [0, 0.05) is 17.3 Å². The van der Waals surface area contributed by atoms with Gasteiger partial charge in [0.25, 0.3) is 5.91 Å². The Morgan fingerprint density at radius 3 is 1.87 bits per heavy atom. The summed E-state index contributed by atoms with van der Waals surface area (Å²) in [7, 11) is 0. The average Bonchev–Trinajstić information content (AvgIpc) is 2.82. The van der Waals surface area contributed by atoms with Crippen LogP contribution >= 0.6 is 0 Å². The molecular formula is C28H24N2O. The summed E-state index contributed by atoms with van der Waals surface area (Å²) in [6.07, 6.45) is -0.269. The molecule has 5 rings (SSSR count). The van der Waals surface area contributed by atoms with E-state index in [9.17, 15) is 4.79 Å². The third-order valence-corrected chi connectivity index (χ3v) is 5.90. The van der Waals surface area contributed by atoms with Crippen LogP contribution in [0.15, 0.2) is 109 Å². The molecule has 0 radical (unpaired) electrons. The van der Waals surface area contributed by atoms with Gasteiger partial charge in [0.15, 0.2) is 0 Å². The number of carbonyl (C=O) groups excluding carboxylic acids is 1. The van der Waals surface area contributed by atoms with Gasteiger partial charge in [-0.05, 0) is 42.3 Å². The Bertz CT molecular complexity index is 1150. The minimum absolute atomic E-state index is 0.0139. The number of amides is 1. The molecule has 0 saturated carbocycles. The van der Waals surface area contributed by atoms with Crippen LogP contribution in [0.5, 0.6) is 0 Å². The van der Waals surface area contributed by atoms with Crippen molar-refractivity contribution in [3.8, 4) is 0 Å². The minimum Gasteiger partial charge on any atom is -0.363 e. The fourth-order valence-corrected chi connectivity index (χ4v) is 4.37.